The van der Waals surface area contributed by atoms with Crippen LogP contribution >= 0.6 is 0 Å². The summed E-state index contributed by atoms with van der Waals surface area (Å²) >= 11 is 0. The molecule has 1 aromatic heterocycles. The second-order valence-corrected chi connectivity index (χ2v) is 5.95. The Kier molecular flexibility index (Phi) is 5.32. The summed E-state index contributed by atoms with van der Waals surface area (Å²) in [7, 11) is 0. The quantitative estimate of drug-likeness (QED) is 0.884. The van der Waals surface area contributed by atoms with Crippen LogP contribution in [0.3, 0.4) is 0 Å². The van der Waals surface area contributed by atoms with Crippen molar-refractivity contribution in [2.75, 3.05) is 5.32 Å². The van der Waals surface area contributed by atoms with Crippen molar-refractivity contribution in [3.63, 3.8) is 0 Å². The lowest BCUT2D eigenvalue weighted by Crippen LogP contribution is -2.32. The molecule has 0 aliphatic carbocycles. The summed E-state index contributed by atoms with van der Waals surface area (Å²) in [5, 5.41) is 6.14. The van der Waals surface area contributed by atoms with E-state index in [0.29, 0.717) is 11.6 Å². The molecule has 5 nitrogen and oxygen atoms in total. The van der Waals surface area contributed by atoms with Gasteiger partial charge in [0.15, 0.2) is 0 Å². The van der Waals surface area contributed by atoms with Crippen molar-refractivity contribution in [1.82, 2.24) is 15.3 Å². The smallest absolute Gasteiger partial charge is 0.270 e. The third-order valence-electron chi connectivity index (χ3n) is 3.79. The molecule has 23 heavy (non-hydrogen) atoms. The lowest BCUT2D eigenvalue weighted by Gasteiger charge is -2.14. The van der Waals surface area contributed by atoms with E-state index >= 15 is 0 Å². The summed E-state index contributed by atoms with van der Waals surface area (Å²) < 4.78 is 0. The predicted molar refractivity (Wildman–Crippen MR) is 93.2 cm³/mol. The zero-order chi connectivity index (χ0) is 17.0. The van der Waals surface area contributed by atoms with Gasteiger partial charge in [-0.05, 0) is 51.3 Å². The van der Waals surface area contributed by atoms with Gasteiger partial charge in [0, 0.05) is 17.9 Å². The Balaban J connectivity index is 2.22. The predicted octanol–water partition coefficient (Wildman–Crippen LogP) is 3.67. The summed E-state index contributed by atoms with van der Waals surface area (Å²) in [6.45, 7) is 10.2. The minimum Gasteiger partial charge on any atom is -0.348 e. The van der Waals surface area contributed by atoms with E-state index < -0.39 is 0 Å². The van der Waals surface area contributed by atoms with Crippen LogP contribution in [0.4, 0.5) is 11.6 Å². The van der Waals surface area contributed by atoms with Crippen molar-refractivity contribution in [3.8, 4) is 0 Å². The zero-order valence-electron chi connectivity index (χ0n) is 14.4. The van der Waals surface area contributed by atoms with E-state index in [1.807, 2.05) is 27.7 Å². The first-order valence-corrected chi connectivity index (χ1v) is 7.89. The monoisotopic (exact) mass is 312 g/mol. The molecule has 1 amide bonds. The van der Waals surface area contributed by atoms with Gasteiger partial charge in [0.2, 0.25) is 5.95 Å². The number of hydrogen-bond acceptors (Lipinski definition) is 4. The Hall–Kier alpha value is -2.43. The summed E-state index contributed by atoms with van der Waals surface area (Å²) in [6, 6.07) is 5.96. The molecule has 1 aromatic carbocycles. The zero-order valence-corrected chi connectivity index (χ0v) is 14.4. The fraction of sp³-hybridized carbons (Fsp3) is 0.389. The van der Waals surface area contributed by atoms with E-state index in [1.165, 1.54) is 5.56 Å². The number of aryl methyl sites for hydroxylation is 3. The molecule has 1 heterocycles. The molecule has 0 saturated heterocycles. The molecule has 0 bridgehead atoms. The fourth-order valence-electron chi connectivity index (χ4n) is 2.43. The van der Waals surface area contributed by atoms with E-state index in [0.717, 1.165) is 23.2 Å². The third-order valence-corrected chi connectivity index (χ3v) is 3.79. The van der Waals surface area contributed by atoms with Crippen LogP contribution < -0.4 is 10.6 Å². The molecule has 2 N–H and O–H groups in total. The Morgan fingerprint density at radius 2 is 1.87 bits per heavy atom. The molecule has 5 heteroatoms. The van der Waals surface area contributed by atoms with E-state index in [9.17, 15) is 4.79 Å². The number of aromatic nitrogens is 2. The summed E-state index contributed by atoms with van der Waals surface area (Å²) in [5.74, 6) is 0.249. The number of amides is 1. The van der Waals surface area contributed by atoms with E-state index in [1.54, 1.807) is 12.3 Å². The number of benzene rings is 1. The topological polar surface area (TPSA) is 66.9 Å². The first kappa shape index (κ1) is 16.9. The number of rotatable bonds is 5. The van der Waals surface area contributed by atoms with Crippen molar-refractivity contribution < 1.29 is 4.79 Å². The van der Waals surface area contributed by atoms with E-state index in [-0.39, 0.29) is 11.9 Å². The summed E-state index contributed by atoms with van der Waals surface area (Å²) in [4.78, 5) is 20.7. The van der Waals surface area contributed by atoms with Gasteiger partial charge in [0.05, 0.1) is 0 Å². The molecule has 122 valence electrons. The first-order valence-electron chi connectivity index (χ1n) is 7.89. The highest BCUT2D eigenvalue weighted by Crippen LogP contribution is 2.24. The second-order valence-electron chi connectivity index (χ2n) is 5.95. The van der Waals surface area contributed by atoms with Crippen molar-refractivity contribution in [2.45, 2.75) is 47.1 Å². The van der Waals surface area contributed by atoms with E-state index in [2.05, 4.69) is 39.7 Å². The number of anilines is 2. The number of hydrogen-bond donors (Lipinski definition) is 2. The molecule has 0 saturated carbocycles. The van der Waals surface area contributed by atoms with Gasteiger partial charge < -0.3 is 10.6 Å². The van der Waals surface area contributed by atoms with Crippen LogP contribution in [-0.4, -0.2) is 21.9 Å². The van der Waals surface area contributed by atoms with Gasteiger partial charge in [-0.15, -0.1) is 0 Å². The van der Waals surface area contributed by atoms with Crippen LogP contribution in [-0.2, 0) is 0 Å². The molecular weight excluding hydrogens is 288 g/mol. The van der Waals surface area contributed by atoms with Crippen molar-refractivity contribution in [2.24, 2.45) is 0 Å². The minimum atomic E-state index is -0.179. The number of carbonyl (C=O) groups is 1. The average Bonchev–Trinajstić information content (AvgIpc) is 2.51. The minimum absolute atomic E-state index is 0.121. The van der Waals surface area contributed by atoms with Crippen LogP contribution in [0.2, 0.25) is 0 Å². The Bertz CT molecular complexity index is 689. The van der Waals surface area contributed by atoms with Crippen LogP contribution in [0.1, 0.15) is 47.4 Å². The maximum absolute atomic E-state index is 12.2. The maximum atomic E-state index is 12.2. The lowest BCUT2D eigenvalue weighted by atomic mass is 10.1. The van der Waals surface area contributed by atoms with Crippen LogP contribution in [0.15, 0.2) is 24.4 Å². The third kappa shape index (κ3) is 4.28. The molecule has 2 rings (SSSR count). The molecule has 2 aromatic rings. The number of carbonyl (C=O) groups excluding carboxylic acids is 1. The Morgan fingerprint density at radius 3 is 2.48 bits per heavy atom. The average molecular weight is 312 g/mol. The van der Waals surface area contributed by atoms with Gasteiger partial charge >= 0.3 is 0 Å². The molecule has 1 atom stereocenters. The van der Waals surface area contributed by atoms with Crippen LogP contribution in [0.25, 0.3) is 0 Å². The highest BCUT2D eigenvalue weighted by atomic mass is 16.1. The van der Waals surface area contributed by atoms with Gasteiger partial charge in [-0.1, -0.05) is 24.6 Å². The summed E-state index contributed by atoms with van der Waals surface area (Å²) in [5.41, 5.74) is 4.81. The highest BCUT2D eigenvalue weighted by Gasteiger charge is 2.12. The lowest BCUT2D eigenvalue weighted by molar-refractivity contribution is 0.0934. The Morgan fingerprint density at radius 1 is 1.22 bits per heavy atom. The highest BCUT2D eigenvalue weighted by molar-refractivity contribution is 5.92. The standard InChI is InChI=1S/C18H24N4O/c1-6-14(5)20-17(23)15-7-8-19-18(21-15)22-16-12(3)9-11(2)10-13(16)4/h7-10,14H,6H2,1-5H3,(H,20,23)(H,19,21,22). The van der Waals surface area contributed by atoms with Gasteiger partial charge in [-0.2, -0.15) is 0 Å². The van der Waals surface area contributed by atoms with Crippen molar-refractivity contribution in [3.05, 3.63) is 46.8 Å². The molecule has 0 fully saturated rings. The molecule has 0 spiro atoms. The number of nitrogens with zero attached hydrogens (tertiary/aromatic N) is 2. The normalized spacial score (nSPS) is 11.9. The second kappa shape index (κ2) is 7.22. The van der Waals surface area contributed by atoms with Crippen molar-refractivity contribution in [1.29, 1.82) is 0 Å². The summed E-state index contributed by atoms with van der Waals surface area (Å²) in [6.07, 6.45) is 2.48. The van der Waals surface area contributed by atoms with Gasteiger partial charge in [-0.25, -0.2) is 9.97 Å². The first-order chi connectivity index (χ1) is 10.9. The molecule has 1 unspecified atom stereocenters. The van der Waals surface area contributed by atoms with Crippen molar-refractivity contribution >= 4 is 17.5 Å². The molecular formula is C18H24N4O. The Labute approximate surface area is 137 Å². The van der Waals surface area contributed by atoms with Gasteiger partial charge in [0.25, 0.3) is 5.91 Å². The molecule has 0 aliphatic rings. The number of nitrogens with one attached hydrogen (secondary N) is 2. The van der Waals surface area contributed by atoms with Gasteiger partial charge in [0.1, 0.15) is 5.69 Å². The molecule has 0 aliphatic heterocycles. The van der Waals surface area contributed by atoms with E-state index in [4.69, 9.17) is 0 Å². The largest absolute Gasteiger partial charge is 0.348 e. The van der Waals surface area contributed by atoms with Crippen LogP contribution in [0.5, 0.6) is 0 Å². The van der Waals surface area contributed by atoms with Crippen LogP contribution in [0, 0.1) is 20.8 Å². The maximum Gasteiger partial charge on any atom is 0.270 e. The molecule has 0 radical (unpaired) electrons. The van der Waals surface area contributed by atoms with Gasteiger partial charge in [-0.3, -0.25) is 4.79 Å². The fourth-order valence-corrected chi connectivity index (χ4v) is 2.43. The SMILES string of the molecule is CCC(C)NC(=O)c1ccnc(Nc2c(C)cc(C)cc2C)n1.